The van der Waals surface area contributed by atoms with Crippen LogP contribution in [0, 0.1) is 11.6 Å². The van der Waals surface area contributed by atoms with Gasteiger partial charge in [-0.15, -0.1) is 10.2 Å². The molecule has 0 atom stereocenters. The van der Waals surface area contributed by atoms with Crippen LogP contribution in [0.15, 0.2) is 18.2 Å². The van der Waals surface area contributed by atoms with Crippen molar-refractivity contribution in [3.8, 4) is 10.6 Å². The number of halogens is 2. The third kappa shape index (κ3) is 2.23. The van der Waals surface area contributed by atoms with E-state index in [9.17, 15) is 8.78 Å². The van der Waals surface area contributed by atoms with Crippen LogP contribution in [0.2, 0.25) is 0 Å². The molecule has 0 unspecified atom stereocenters. The first-order chi connectivity index (χ1) is 7.70. The minimum Gasteiger partial charge on any atom is -0.330 e. The SMILES string of the molecule is NCCc1nnc(-c2ccc(F)c(F)c2)s1. The van der Waals surface area contributed by atoms with E-state index in [1.54, 1.807) is 0 Å². The highest BCUT2D eigenvalue weighted by molar-refractivity contribution is 7.14. The molecule has 0 aliphatic carbocycles. The van der Waals surface area contributed by atoms with Crippen LogP contribution in [-0.2, 0) is 6.42 Å². The largest absolute Gasteiger partial charge is 0.330 e. The summed E-state index contributed by atoms with van der Waals surface area (Å²) in [6.45, 7) is 0.492. The van der Waals surface area contributed by atoms with Crippen molar-refractivity contribution in [1.29, 1.82) is 0 Å². The number of nitrogens with zero attached hydrogens (tertiary/aromatic N) is 2. The zero-order valence-corrected chi connectivity index (χ0v) is 9.10. The minimum absolute atomic E-state index is 0.492. The molecule has 1 aromatic carbocycles. The Hall–Kier alpha value is -1.40. The predicted molar refractivity (Wildman–Crippen MR) is 58.0 cm³/mol. The average molecular weight is 241 g/mol. The first-order valence-corrected chi connectivity index (χ1v) is 5.50. The summed E-state index contributed by atoms with van der Waals surface area (Å²) in [5.74, 6) is -1.75. The topological polar surface area (TPSA) is 51.8 Å². The summed E-state index contributed by atoms with van der Waals surface area (Å²) in [4.78, 5) is 0. The zero-order chi connectivity index (χ0) is 11.5. The Morgan fingerprint density at radius 3 is 2.69 bits per heavy atom. The smallest absolute Gasteiger partial charge is 0.159 e. The van der Waals surface area contributed by atoms with Gasteiger partial charge in [0.1, 0.15) is 10.0 Å². The molecule has 2 rings (SSSR count). The second-order valence-corrected chi connectivity index (χ2v) is 4.23. The van der Waals surface area contributed by atoms with Crippen molar-refractivity contribution in [3.05, 3.63) is 34.8 Å². The van der Waals surface area contributed by atoms with Crippen molar-refractivity contribution >= 4 is 11.3 Å². The van der Waals surface area contributed by atoms with E-state index in [4.69, 9.17) is 5.73 Å². The Kier molecular flexibility index (Phi) is 3.21. The summed E-state index contributed by atoms with van der Waals surface area (Å²) >= 11 is 1.33. The maximum Gasteiger partial charge on any atom is 0.159 e. The summed E-state index contributed by atoms with van der Waals surface area (Å²) < 4.78 is 25.7. The van der Waals surface area contributed by atoms with Crippen LogP contribution in [-0.4, -0.2) is 16.7 Å². The summed E-state index contributed by atoms with van der Waals surface area (Å²) in [6.07, 6.45) is 0.640. The van der Waals surface area contributed by atoms with Gasteiger partial charge in [0.15, 0.2) is 11.6 Å². The van der Waals surface area contributed by atoms with Gasteiger partial charge in [-0.05, 0) is 24.7 Å². The fourth-order valence-corrected chi connectivity index (χ4v) is 2.08. The van der Waals surface area contributed by atoms with Gasteiger partial charge in [-0.25, -0.2) is 8.78 Å². The minimum atomic E-state index is -0.881. The standard InChI is InChI=1S/C10H9F2N3S/c11-7-2-1-6(5-8(7)12)10-15-14-9(16-10)3-4-13/h1-2,5H,3-4,13H2. The van der Waals surface area contributed by atoms with E-state index in [2.05, 4.69) is 10.2 Å². The number of aromatic nitrogens is 2. The Morgan fingerprint density at radius 2 is 2.00 bits per heavy atom. The lowest BCUT2D eigenvalue weighted by molar-refractivity contribution is 0.509. The van der Waals surface area contributed by atoms with E-state index in [0.717, 1.165) is 17.1 Å². The van der Waals surface area contributed by atoms with Crippen LogP contribution >= 0.6 is 11.3 Å². The molecular weight excluding hydrogens is 232 g/mol. The lowest BCUT2D eigenvalue weighted by atomic mass is 10.2. The summed E-state index contributed by atoms with van der Waals surface area (Å²) in [5.41, 5.74) is 5.91. The Morgan fingerprint density at radius 1 is 1.19 bits per heavy atom. The Bertz CT molecular complexity index is 499. The van der Waals surface area contributed by atoms with Crippen molar-refractivity contribution in [3.63, 3.8) is 0 Å². The third-order valence-corrected chi connectivity index (χ3v) is 3.02. The van der Waals surface area contributed by atoms with Gasteiger partial charge in [0.2, 0.25) is 0 Å². The van der Waals surface area contributed by atoms with Gasteiger partial charge in [0, 0.05) is 12.0 Å². The molecule has 3 nitrogen and oxygen atoms in total. The molecule has 1 aromatic heterocycles. The third-order valence-electron chi connectivity index (χ3n) is 1.99. The summed E-state index contributed by atoms with van der Waals surface area (Å²) in [6, 6.07) is 3.67. The normalized spacial score (nSPS) is 10.7. The monoisotopic (exact) mass is 241 g/mol. The van der Waals surface area contributed by atoms with Crippen LogP contribution in [0.25, 0.3) is 10.6 Å². The van der Waals surface area contributed by atoms with Crippen molar-refractivity contribution in [1.82, 2.24) is 10.2 Å². The molecule has 0 fully saturated rings. The maximum atomic E-state index is 13.0. The summed E-state index contributed by atoms with van der Waals surface area (Å²) in [7, 11) is 0. The maximum absolute atomic E-state index is 13.0. The molecule has 0 aliphatic heterocycles. The highest BCUT2D eigenvalue weighted by Crippen LogP contribution is 2.24. The van der Waals surface area contributed by atoms with E-state index in [-0.39, 0.29) is 0 Å². The van der Waals surface area contributed by atoms with Crippen LogP contribution in [0.4, 0.5) is 8.78 Å². The van der Waals surface area contributed by atoms with Crippen molar-refractivity contribution in [2.24, 2.45) is 5.73 Å². The van der Waals surface area contributed by atoms with Crippen molar-refractivity contribution in [2.75, 3.05) is 6.54 Å². The van der Waals surface area contributed by atoms with Gasteiger partial charge in [0.05, 0.1) is 0 Å². The fourth-order valence-electron chi connectivity index (χ4n) is 1.22. The Labute approximate surface area is 94.9 Å². The predicted octanol–water partition coefficient (Wildman–Crippen LogP) is 1.98. The lowest BCUT2D eigenvalue weighted by Gasteiger charge is -1.96. The van der Waals surface area contributed by atoms with E-state index >= 15 is 0 Å². The highest BCUT2D eigenvalue weighted by atomic mass is 32.1. The molecule has 0 amide bonds. The Balaban J connectivity index is 2.31. The van der Waals surface area contributed by atoms with Crippen LogP contribution in [0.3, 0.4) is 0 Å². The molecular formula is C10H9F2N3S. The molecule has 0 aliphatic rings. The first-order valence-electron chi connectivity index (χ1n) is 4.68. The number of hydrogen-bond donors (Lipinski definition) is 1. The number of rotatable bonds is 3. The van der Waals surface area contributed by atoms with E-state index < -0.39 is 11.6 Å². The van der Waals surface area contributed by atoms with Crippen molar-refractivity contribution in [2.45, 2.75) is 6.42 Å². The molecule has 6 heteroatoms. The van der Waals surface area contributed by atoms with Gasteiger partial charge in [-0.3, -0.25) is 0 Å². The molecule has 0 bridgehead atoms. The van der Waals surface area contributed by atoms with Crippen LogP contribution in [0.5, 0.6) is 0 Å². The second kappa shape index (κ2) is 4.63. The average Bonchev–Trinajstić information content (AvgIpc) is 2.71. The molecule has 1 heterocycles. The fraction of sp³-hybridized carbons (Fsp3) is 0.200. The van der Waals surface area contributed by atoms with Crippen LogP contribution < -0.4 is 5.73 Å². The van der Waals surface area contributed by atoms with Gasteiger partial charge < -0.3 is 5.73 Å². The van der Waals surface area contributed by atoms with Crippen molar-refractivity contribution < 1.29 is 8.78 Å². The molecule has 2 N–H and O–H groups in total. The number of hydrogen-bond acceptors (Lipinski definition) is 4. The highest BCUT2D eigenvalue weighted by Gasteiger charge is 2.09. The van der Waals surface area contributed by atoms with Gasteiger partial charge >= 0.3 is 0 Å². The second-order valence-electron chi connectivity index (χ2n) is 3.17. The van der Waals surface area contributed by atoms with E-state index in [1.165, 1.54) is 17.4 Å². The van der Waals surface area contributed by atoms with Gasteiger partial charge in [-0.1, -0.05) is 11.3 Å². The molecule has 84 valence electrons. The number of benzene rings is 1. The molecule has 0 spiro atoms. The van der Waals surface area contributed by atoms with Gasteiger partial charge in [-0.2, -0.15) is 0 Å². The molecule has 2 aromatic rings. The quantitative estimate of drug-likeness (QED) is 0.894. The van der Waals surface area contributed by atoms with E-state index in [1.807, 2.05) is 0 Å². The zero-order valence-electron chi connectivity index (χ0n) is 8.28. The first kappa shape index (κ1) is 11.1. The number of nitrogens with two attached hydrogens (primary N) is 1. The molecule has 0 saturated heterocycles. The molecule has 0 saturated carbocycles. The molecule has 0 radical (unpaired) electrons. The van der Waals surface area contributed by atoms with Gasteiger partial charge in [0.25, 0.3) is 0 Å². The summed E-state index contributed by atoms with van der Waals surface area (Å²) in [5, 5.41) is 9.17. The van der Waals surface area contributed by atoms with E-state index in [0.29, 0.717) is 23.5 Å². The molecule has 16 heavy (non-hydrogen) atoms. The lowest BCUT2D eigenvalue weighted by Crippen LogP contribution is -2.01. The van der Waals surface area contributed by atoms with Crippen LogP contribution in [0.1, 0.15) is 5.01 Å².